The number of rotatable bonds is 7. The Morgan fingerprint density at radius 1 is 1.24 bits per heavy atom. The first-order valence-corrected chi connectivity index (χ1v) is 7.68. The Hall–Kier alpha value is -1.39. The Labute approximate surface area is 125 Å². The van der Waals surface area contributed by atoms with Gasteiger partial charge in [0.15, 0.2) is 0 Å². The van der Waals surface area contributed by atoms with E-state index in [2.05, 4.69) is 0 Å². The molecule has 1 aromatic carbocycles. The average molecular weight is 292 g/mol. The predicted molar refractivity (Wildman–Crippen MR) is 79.9 cm³/mol. The first-order valence-electron chi connectivity index (χ1n) is 7.68. The summed E-state index contributed by atoms with van der Waals surface area (Å²) in [4.78, 5) is 10.9. The van der Waals surface area contributed by atoms with Gasteiger partial charge in [0.1, 0.15) is 0 Å². The van der Waals surface area contributed by atoms with Crippen LogP contribution in [0.25, 0.3) is 0 Å². The number of carboxylic acid groups (broad SMARTS) is 1. The van der Waals surface area contributed by atoms with Crippen molar-refractivity contribution < 1.29 is 20.1 Å². The fraction of sp³-hybridized carbons (Fsp3) is 0.588. The van der Waals surface area contributed by atoms with Crippen LogP contribution in [-0.2, 0) is 11.2 Å². The van der Waals surface area contributed by atoms with Crippen LogP contribution >= 0.6 is 0 Å². The van der Waals surface area contributed by atoms with E-state index >= 15 is 0 Å². The molecule has 0 bridgehead atoms. The summed E-state index contributed by atoms with van der Waals surface area (Å²) in [5, 5.41) is 28.9. The van der Waals surface area contributed by atoms with Gasteiger partial charge in [0.05, 0.1) is 18.6 Å². The predicted octanol–water partition coefficient (Wildman–Crippen LogP) is 2.23. The summed E-state index contributed by atoms with van der Waals surface area (Å²) in [5.41, 5.74) is 1.11. The molecule has 0 amide bonds. The Balaban J connectivity index is 1.80. The topological polar surface area (TPSA) is 77.8 Å². The maximum absolute atomic E-state index is 10.9. The van der Waals surface area contributed by atoms with Crippen molar-refractivity contribution in [1.82, 2.24) is 0 Å². The number of aliphatic hydroxyl groups excluding tert-OH is 2. The molecule has 0 heterocycles. The smallest absolute Gasteiger partial charge is 0.303 e. The molecule has 0 spiro atoms. The van der Waals surface area contributed by atoms with E-state index in [-0.39, 0.29) is 18.3 Å². The third kappa shape index (κ3) is 4.83. The van der Waals surface area contributed by atoms with Crippen LogP contribution in [0.15, 0.2) is 30.3 Å². The van der Waals surface area contributed by atoms with E-state index in [4.69, 9.17) is 5.11 Å². The molecule has 21 heavy (non-hydrogen) atoms. The van der Waals surface area contributed by atoms with Crippen LogP contribution in [0.5, 0.6) is 0 Å². The van der Waals surface area contributed by atoms with Gasteiger partial charge in [-0.3, -0.25) is 4.79 Å². The van der Waals surface area contributed by atoms with E-state index in [9.17, 15) is 15.0 Å². The summed E-state index contributed by atoms with van der Waals surface area (Å²) in [6.45, 7) is 0. The van der Waals surface area contributed by atoms with Gasteiger partial charge in [-0.2, -0.15) is 0 Å². The lowest BCUT2D eigenvalue weighted by Crippen LogP contribution is -2.23. The SMILES string of the molecule is O=C(O)C[C@@H]1[C@@H](CCC(O)Cc2ccccc2)CC[C@@H]1O. The minimum atomic E-state index is -0.851. The number of aliphatic carboxylic acids is 1. The molecule has 0 aliphatic heterocycles. The standard InChI is InChI=1S/C17H24O4/c18-14(10-12-4-2-1-3-5-12)8-6-13-7-9-16(19)15(13)11-17(20)21/h1-5,13-16,18-19H,6-11H2,(H,20,21)/t13-,14?,15+,16-/m0/s1. The molecule has 2 rings (SSSR count). The minimum Gasteiger partial charge on any atom is -0.481 e. The van der Waals surface area contributed by atoms with Crippen LogP contribution in [0.3, 0.4) is 0 Å². The summed E-state index contributed by atoms with van der Waals surface area (Å²) in [6.07, 6.45) is 2.72. The number of hydrogen-bond donors (Lipinski definition) is 3. The molecule has 0 radical (unpaired) electrons. The van der Waals surface area contributed by atoms with Gasteiger partial charge in [-0.25, -0.2) is 0 Å². The highest BCUT2D eigenvalue weighted by Crippen LogP contribution is 2.37. The van der Waals surface area contributed by atoms with E-state index < -0.39 is 18.2 Å². The van der Waals surface area contributed by atoms with E-state index in [0.29, 0.717) is 19.3 Å². The monoisotopic (exact) mass is 292 g/mol. The van der Waals surface area contributed by atoms with Crippen LogP contribution in [-0.4, -0.2) is 33.5 Å². The van der Waals surface area contributed by atoms with Gasteiger partial charge in [0.25, 0.3) is 0 Å². The van der Waals surface area contributed by atoms with Crippen LogP contribution in [0.2, 0.25) is 0 Å². The lowest BCUT2D eigenvalue weighted by atomic mass is 9.86. The van der Waals surface area contributed by atoms with Crippen molar-refractivity contribution in [3.8, 4) is 0 Å². The fourth-order valence-corrected chi connectivity index (χ4v) is 3.38. The summed E-state index contributed by atoms with van der Waals surface area (Å²) < 4.78 is 0. The molecule has 1 aliphatic rings. The first kappa shape index (κ1) is 16.0. The van der Waals surface area contributed by atoms with Crippen molar-refractivity contribution in [3.05, 3.63) is 35.9 Å². The van der Waals surface area contributed by atoms with Crippen molar-refractivity contribution in [2.24, 2.45) is 11.8 Å². The molecule has 0 aromatic heterocycles. The Morgan fingerprint density at radius 2 is 1.95 bits per heavy atom. The van der Waals surface area contributed by atoms with E-state index in [1.54, 1.807) is 0 Å². The molecule has 4 heteroatoms. The number of aliphatic hydroxyl groups is 2. The highest BCUT2D eigenvalue weighted by Gasteiger charge is 2.36. The minimum absolute atomic E-state index is 0.0284. The quantitative estimate of drug-likeness (QED) is 0.720. The van der Waals surface area contributed by atoms with Gasteiger partial charge in [-0.1, -0.05) is 30.3 Å². The molecule has 1 aliphatic carbocycles. The number of benzene rings is 1. The second-order valence-corrected chi connectivity index (χ2v) is 6.09. The first-order chi connectivity index (χ1) is 10.1. The third-order valence-corrected chi connectivity index (χ3v) is 4.53. The number of hydrogen-bond acceptors (Lipinski definition) is 3. The summed E-state index contributed by atoms with van der Waals surface area (Å²) in [6, 6.07) is 9.86. The van der Waals surface area contributed by atoms with Gasteiger partial charge >= 0.3 is 5.97 Å². The molecule has 1 fully saturated rings. The zero-order valence-corrected chi connectivity index (χ0v) is 12.2. The molecule has 4 atom stereocenters. The zero-order valence-electron chi connectivity index (χ0n) is 12.2. The second-order valence-electron chi connectivity index (χ2n) is 6.09. The van der Waals surface area contributed by atoms with Gasteiger partial charge in [0.2, 0.25) is 0 Å². The third-order valence-electron chi connectivity index (χ3n) is 4.53. The van der Waals surface area contributed by atoms with Gasteiger partial charge in [0, 0.05) is 0 Å². The zero-order chi connectivity index (χ0) is 15.2. The summed E-state index contributed by atoms with van der Waals surface area (Å²) in [5.74, 6) is -0.802. The number of carbonyl (C=O) groups is 1. The Kier molecular flexibility index (Phi) is 5.76. The lowest BCUT2D eigenvalue weighted by molar-refractivity contribution is -0.139. The fourth-order valence-electron chi connectivity index (χ4n) is 3.38. The van der Waals surface area contributed by atoms with Crippen molar-refractivity contribution >= 4 is 5.97 Å². The molecule has 1 saturated carbocycles. The molecule has 1 unspecified atom stereocenters. The van der Waals surface area contributed by atoms with Gasteiger partial charge < -0.3 is 15.3 Å². The van der Waals surface area contributed by atoms with Crippen LogP contribution in [0, 0.1) is 11.8 Å². The molecular formula is C17H24O4. The normalized spacial score (nSPS) is 26.7. The highest BCUT2D eigenvalue weighted by molar-refractivity contribution is 5.67. The maximum Gasteiger partial charge on any atom is 0.303 e. The van der Waals surface area contributed by atoms with Gasteiger partial charge in [-0.15, -0.1) is 0 Å². The molecule has 0 saturated heterocycles. The van der Waals surface area contributed by atoms with E-state index in [1.165, 1.54) is 0 Å². The molecule has 1 aromatic rings. The molecule has 4 nitrogen and oxygen atoms in total. The molecule has 3 N–H and O–H groups in total. The largest absolute Gasteiger partial charge is 0.481 e. The second kappa shape index (κ2) is 7.57. The van der Waals surface area contributed by atoms with Crippen molar-refractivity contribution in [2.45, 2.75) is 50.7 Å². The number of carboxylic acids is 1. The summed E-state index contributed by atoms with van der Waals surface area (Å²) in [7, 11) is 0. The van der Waals surface area contributed by atoms with Crippen molar-refractivity contribution in [3.63, 3.8) is 0 Å². The molecule has 116 valence electrons. The van der Waals surface area contributed by atoms with Crippen LogP contribution in [0.1, 0.15) is 37.7 Å². The molecular weight excluding hydrogens is 268 g/mol. The maximum atomic E-state index is 10.9. The summed E-state index contributed by atoms with van der Waals surface area (Å²) >= 11 is 0. The van der Waals surface area contributed by atoms with Crippen molar-refractivity contribution in [1.29, 1.82) is 0 Å². The lowest BCUT2D eigenvalue weighted by Gasteiger charge is -2.21. The van der Waals surface area contributed by atoms with E-state index in [1.807, 2.05) is 30.3 Å². The van der Waals surface area contributed by atoms with Gasteiger partial charge in [-0.05, 0) is 49.5 Å². The Bertz CT molecular complexity index is 445. The van der Waals surface area contributed by atoms with Crippen LogP contribution in [0.4, 0.5) is 0 Å². The van der Waals surface area contributed by atoms with Crippen molar-refractivity contribution in [2.75, 3.05) is 0 Å². The highest BCUT2D eigenvalue weighted by atomic mass is 16.4. The average Bonchev–Trinajstić information content (AvgIpc) is 2.78. The van der Waals surface area contributed by atoms with Crippen LogP contribution < -0.4 is 0 Å². The Morgan fingerprint density at radius 3 is 2.62 bits per heavy atom. The van der Waals surface area contributed by atoms with E-state index in [0.717, 1.165) is 18.4 Å².